The van der Waals surface area contributed by atoms with E-state index in [-0.39, 0.29) is 4.90 Å². The lowest BCUT2D eigenvalue weighted by Crippen LogP contribution is -2.33. The molecule has 0 unspecified atom stereocenters. The summed E-state index contributed by atoms with van der Waals surface area (Å²) in [6.07, 6.45) is 2.28. The molecule has 1 aliphatic carbocycles. The van der Waals surface area contributed by atoms with Crippen molar-refractivity contribution in [1.82, 2.24) is 5.32 Å². The van der Waals surface area contributed by atoms with E-state index in [1.165, 1.54) is 12.1 Å². The van der Waals surface area contributed by atoms with Gasteiger partial charge in [0, 0.05) is 6.04 Å². The number of hydrogen-bond donors (Lipinski definition) is 3. The van der Waals surface area contributed by atoms with E-state index in [2.05, 4.69) is 10.3 Å². The molecule has 7 heteroatoms. The number of guanidine groups is 1. The molecule has 2 rings (SSSR count). The van der Waals surface area contributed by atoms with E-state index in [9.17, 15) is 8.42 Å². The smallest absolute Gasteiger partial charge is 0.238 e. The van der Waals surface area contributed by atoms with E-state index < -0.39 is 10.0 Å². The Balaban J connectivity index is 1.97. The van der Waals surface area contributed by atoms with E-state index in [0.29, 0.717) is 18.5 Å². The van der Waals surface area contributed by atoms with Gasteiger partial charge in [-0.2, -0.15) is 0 Å². The highest BCUT2D eigenvalue weighted by Gasteiger charge is 2.21. The first-order valence-corrected chi connectivity index (χ1v) is 7.18. The van der Waals surface area contributed by atoms with Gasteiger partial charge in [-0.05, 0) is 30.5 Å². The Hall–Kier alpha value is -1.60. The summed E-state index contributed by atoms with van der Waals surface area (Å²) < 4.78 is 22.1. The molecule has 0 heterocycles. The van der Waals surface area contributed by atoms with Gasteiger partial charge in [0.1, 0.15) is 0 Å². The summed E-state index contributed by atoms with van der Waals surface area (Å²) >= 11 is 0. The number of rotatable bonds is 4. The number of aliphatic imine (C=N–C) groups is 1. The molecule has 0 saturated heterocycles. The van der Waals surface area contributed by atoms with Gasteiger partial charge in [-0.25, -0.2) is 18.5 Å². The first-order valence-electron chi connectivity index (χ1n) is 5.63. The van der Waals surface area contributed by atoms with Gasteiger partial charge < -0.3 is 11.1 Å². The maximum atomic E-state index is 11.1. The van der Waals surface area contributed by atoms with Crippen molar-refractivity contribution in [3.8, 4) is 0 Å². The Bertz CT molecular complexity index is 547. The van der Waals surface area contributed by atoms with Crippen LogP contribution in [0.15, 0.2) is 34.2 Å². The van der Waals surface area contributed by atoms with E-state index in [4.69, 9.17) is 10.9 Å². The van der Waals surface area contributed by atoms with Gasteiger partial charge in [-0.1, -0.05) is 12.1 Å². The minimum atomic E-state index is -3.63. The summed E-state index contributed by atoms with van der Waals surface area (Å²) in [7, 11) is -3.63. The van der Waals surface area contributed by atoms with Crippen molar-refractivity contribution in [1.29, 1.82) is 0 Å². The van der Waals surface area contributed by atoms with Crippen LogP contribution in [0.25, 0.3) is 0 Å². The molecular weight excluding hydrogens is 252 g/mol. The average molecular weight is 268 g/mol. The molecule has 0 aliphatic heterocycles. The van der Waals surface area contributed by atoms with Crippen molar-refractivity contribution in [3.63, 3.8) is 0 Å². The molecule has 0 atom stereocenters. The Morgan fingerprint density at radius 3 is 2.44 bits per heavy atom. The zero-order valence-electron chi connectivity index (χ0n) is 9.83. The zero-order chi connectivity index (χ0) is 13.2. The van der Waals surface area contributed by atoms with Crippen molar-refractivity contribution >= 4 is 16.0 Å². The second-order valence-corrected chi connectivity index (χ2v) is 5.87. The predicted molar refractivity (Wildman–Crippen MR) is 69.3 cm³/mol. The van der Waals surface area contributed by atoms with Crippen LogP contribution >= 0.6 is 0 Å². The largest absolute Gasteiger partial charge is 0.370 e. The number of nitrogens with one attached hydrogen (secondary N) is 1. The lowest BCUT2D eigenvalue weighted by Gasteiger charge is -2.03. The fourth-order valence-corrected chi connectivity index (χ4v) is 1.96. The standard InChI is InChI=1S/C11H16N4O2S/c12-11(15-9-3-4-9)14-7-8-1-5-10(6-2-8)18(13,16)17/h1-2,5-6,9H,3-4,7H2,(H3,12,14,15)(H2,13,16,17). The molecule has 0 spiro atoms. The van der Waals surface area contributed by atoms with Gasteiger partial charge >= 0.3 is 0 Å². The summed E-state index contributed by atoms with van der Waals surface area (Å²) in [5, 5.41) is 8.08. The SMILES string of the molecule is NC(=NCc1ccc(S(N)(=O)=O)cc1)NC1CC1. The molecule has 5 N–H and O–H groups in total. The Labute approximate surface area is 106 Å². The van der Waals surface area contributed by atoms with E-state index in [0.717, 1.165) is 18.4 Å². The molecule has 18 heavy (non-hydrogen) atoms. The van der Waals surface area contributed by atoms with Crippen LogP contribution in [0.3, 0.4) is 0 Å². The van der Waals surface area contributed by atoms with Crippen LogP contribution in [0.2, 0.25) is 0 Å². The summed E-state index contributed by atoms with van der Waals surface area (Å²) in [5.41, 5.74) is 6.56. The quantitative estimate of drug-likeness (QED) is 0.523. The number of nitrogens with zero attached hydrogens (tertiary/aromatic N) is 1. The van der Waals surface area contributed by atoms with E-state index >= 15 is 0 Å². The van der Waals surface area contributed by atoms with Crippen LogP contribution < -0.4 is 16.2 Å². The molecular formula is C11H16N4O2S. The number of nitrogens with two attached hydrogens (primary N) is 2. The molecule has 98 valence electrons. The molecule has 0 bridgehead atoms. The molecule has 0 amide bonds. The van der Waals surface area contributed by atoms with Crippen LogP contribution in [-0.4, -0.2) is 20.4 Å². The third kappa shape index (κ3) is 3.71. The van der Waals surface area contributed by atoms with E-state index in [1.54, 1.807) is 12.1 Å². The predicted octanol–water partition coefficient (Wildman–Crippen LogP) is -0.0993. The van der Waals surface area contributed by atoms with Gasteiger partial charge in [-0.3, -0.25) is 0 Å². The lowest BCUT2D eigenvalue weighted by molar-refractivity contribution is 0.598. The Kier molecular flexibility index (Phi) is 3.53. The monoisotopic (exact) mass is 268 g/mol. The maximum absolute atomic E-state index is 11.1. The van der Waals surface area contributed by atoms with Crippen LogP contribution in [-0.2, 0) is 16.6 Å². The third-order valence-electron chi connectivity index (χ3n) is 2.61. The first-order chi connectivity index (χ1) is 8.45. The van der Waals surface area contributed by atoms with Gasteiger partial charge in [0.2, 0.25) is 10.0 Å². The average Bonchev–Trinajstić information content (AvgIpc) is 3.10. The Morgan fingerprint density at radius 1 is 1.33 bits per heavy atom. The third-order valence-corrected chi connectivity index (χ3v) is 3.54. The summed E-state index contributed by atoms with van der Waals surface area (Å²) in [4.78, 5) is 4.27. The van der Waals surface area contributed by atoms with Crippen LogP contribution in [0, 0.1) is 0 Å². The summed E-state index contributed by atoms with van der Waals surface area (Å²) in [5.74, 6) is 0.424. The lowest BCUT2D eigenvalue weighted by atomic mass is 10.2. The van der Waals surface area contributed by atoms with Crippen molar-refractivity contribution in [2.45, 2.75) is 30.3 Å². The highest BCUT2D eigenvalue weighted by atomic mass is 32.2. The van der Waals surface area contributed by atoms with Crippen molar-refractivity contribution in [2.75, 3.05) is 0 Å². The van der Waals surface area contributed by atoms with Crippen LogP contribution in [0.5, 0.6) is 0 Å². The summed E-state index contributed by atoms with van der Waals surface area (Å²) in [6.45, 7) is 0.413. The fraction of sp³-hybridized carbons (Fsp3) is 0.364. The van der Waals surface area contributed by atoms with Gasteiger partial charge in [0.25, 0.3) is 0 Å². The van der Waals surface area contributed by atoms with Crippen molar-refractivity contribution in [2.24, 2.45) is 15.9 Å². The molecule has 1 aromatic rings. The zero-order valence-corrected chi connectivity index (χ0v) is 10.7. The number of sulfonamides is 1. The highest BCUT2D eigenvalue weighted by molar-refractivity contribution is 7.89. The van der Waals surface area contributed by atoms with Gasteiger partial charge in [0.15, 0.2) is 5.96 Å². The van der Waals surface area contributed by atoms with Crippen LogP contribution in [0.1, 0.15) is 18.4 Å². The van der Waals surface area contributed by atoms with Gasteiger partial charge in [-0.15, -0.1) is 0 Å². The minimum absolute atomic E-state index is 0.0966. The van der Waals surface area contributed by atoms with Gasteiger partial charge in [0.05, 0.1) is 11.4 Å². The fourth-order valence-electron chi connectivity index (χ4n) is 1.44. The molecule has 6 nitrogen and oxygen atoms in total. The molecule has 1 aromatic carbocycles. The molecule has 1 saturated carbocycles. The number of hydrogen-bond acceptors (Lipinski definition) is 3. The number of primary sulfonamides is 1. The van der Waals surface area contributed by atoms with E-state index in [1.807, 2.05) is 0 Å². The molecule has 1 aliphatic rings. The van der Waals surface area contributed by atoms with Crippen molar-refractivity contribution in [3.05, 3.63) is 29.8 Å². The molecule has 1 fully saturated rings. The Morgan fingerprint density at radius 2 is 1.94 bits per heavy atom. The van der Waals surface area contributed by atoms with Crippen molar-refractivity contribution < 1.29 is 8.42 Å². The van der Waals surface area contributed by atoms with Crippen LogP contribution in [0.4, 0.5) is 0 Å². The molecule has 0 aromatic heterocycles. The second-order valence-electron chi connectivity index (χ2n) is 4.31. The normalized spacial score (nSPS) is 16.6. The summed E-state index contributed by atoms with van der Waals surface area (Å²) in [6, 6.07) is 6.75. The topological polar surface area (TPSA) is 111 Å². The second kappa shape index (κ2) is 4.95. The molecule has 0 radical (unpaired) electrons. The minimum Gasteiger partial charge on any atom is -0.370 e. The highest BCUT2D eigenvalue weighted by Crippen LogP contribution is 2.18. The first kappa shape index (κ1) is 12.8. The maximum Gasteiger partial charge on any atom is 0.238 e. The number of benzene rings is 1.